The Hall–Kier alpha value is -0.540. The molecule has 0 saturated heterocycles. The van der Waals surface area contributed by atoms with Gasteiger partial charge in [0.25, 0.3) is 0 Å². The van der Waals surface area contributed by atoms with E-state index >= 15 is 0 Å². The van der Waals surface area contributed by atoms with Gasteiger partial charge in [-0.05, 0) is 30.5 Å². The number of halogens is 2. The Morgan fingerprint density at radius 2 is 2.25 bits per heavy atom. The molecule has 0 fully saturated rings. The highest BCUT2D eigenvalue weighted by atomic mass is 79.9. The van der Waals surface area contributed by atoms with Crippen LogP contribution in [0, 0.1) is 0 Å². The monoisotopic (exact) mass is 304 g/mol. The molecule has 0 bridgehead atoms. The van der Waals surface area contributed by atoms with Crippen LogP contribution in [0.3, 0.4) is 0 Å². The van der Waals surface area contributed by atoms with E-state index in [1.54, 1.807) is 0 Å². The Balaban J connectivity index is 2.55. The lowest BCUT2D eigenvalue weighted by molar-refractivity contribution is -0.143. The summed E-state index contributed by atoms with van der Waals surface area (Å²) in [6, 6.07) is 5.95. The largest absolute Gasteiger partial charge is 0.466 e. The van der Waals surface area contributed by atoms with E-state index in [-0.39, 0.29) is 5.97 Å². The first kappa shape index (κ1) is 13.5. The molecule has 1 aromatic carbocycles. The van der Waals surface area contributed by atoms with Gasteiger partial charge < -0.3 is 4.74 Å². The summed E-state index contributed by atoms with van der Waals surface area (Å²) in [7, 11) is 0. The lowest BCUT2D eigenvalue weighted by atomic mass is 10.1. The summed E-state index contributed by atoms with van der Waals surface area (Å²) in [6.07, 6.45) is 1.11. The molecule has 0 N–H and O–H groups in total. The highest BCUT2D eigenvalue weighted by Gasteiger charge is 2.04. The molecule has 0 aliphatic heterocycles. The van der Waals surface area contributed by atoms with Crippen LogP contribution in [-0.2, 0) is 21.8 Å². The van der Waals surface area contributed by atoms with Crippen molar-refractivity contribution in [3.63, 3.8) is 0 Å². The highest BCUT2D eigenvalue weighted by Crippen LogP contribution is 2.21. The predicted molar refractivity (Wildman–Crippen MR) is 68.7 cm³/mol. The highest BCUT2D eigenvalue weighted by molar-refractivity contribution is 9.10. The van der Waals surface area contributed by atoms with E-state index in [0.717, 1.165) is 15.6 Å². The third-order valence-electron chi connectivity index (χ3n) is 2.18. The Kier molecular flexibility index (Phi) is 5.85. The molecule has 88 valence electrons. The quantitative estimate of drug-likeness (QED) is 0.613. The molecule has 0 spiro atoms. The summed E-state index contributed by atoms with van der Waals surface area (Å²) in [5.74, 6) is 0.332. The second kappa shape index (κ2) is 6.92. The molecule has 2 nitrogen and oxygen atoms in total. The molecule has 0 unspecified atom stereocenters. The van der Waals surface area contributed by atoms with Gasteiger partial charge in [-0.25, -0.2) is 0 Å². The summed E-state index contributed by atoms with van der Waals surface area (Å²) in [5, 5.41) is 0. The van der Waals surface area contributed by atoms with Gasteiger partial charge in [0.2, 0.25) is 0 Å². The van der Waals surface area contributed by atoms with Crippen LogP contribution in [0.5, 0.6) is 0 Å². The van der Waals surface area contributed by atoms with E-state index in [1.807, 2.05) is 25.1 Å². The first-order valence-electron chi connectivity index (χ1n) is 5.16. The summed E-state index contributed by atoms with van der Waals surface area (Å²) >= 11 is 9.19. The van der Waals surface area contributed by atoms with E-state index in [9.17, 15) is 4.79 Å². The van der Waals surface area contributed by atoms with Gasteiger partial charge in [0.15, 0.2) is 0 Å². The maximum atomic E-state index is 11.2. The van der Waals surface area contributed by atoms with Crippen molar-refractivity contribution in [3.8, 4) is 0 Å². The number of esters is 1. The van der Waals surface area contributed by atoms with Crippen molar-refractivity contribution in [2.75, 3.05) is 6.61 Å². The minimum Gasteiger partial charge on any atom is -0.466 e. The van der Waals surface area contributed by atoms with Gasteiger partial charge in [-0.2, -0.15) is 0 Å². The summed E-state index contributed by atoms with van der Waals surface area (Å²) < 4.78 is 5.86. The van der Waals surface area contributed by atoms with Gasteiger partial charge in [-0.15, -0.1) is 11.6 Å². The molecule has 0 amide bonds. The van der Waals surface area contributed by atoms with Crippen molar-refractivity contribution < 1.29 is 9.53 Å². The fraction of sp³-hybridized carbons (Fsp3) is 0.417. The first-order chi connectivity index (χ1) is 7.67. The summed E-state index contributed by atoms with van der Waals surface area (Å²) in [5.41, 5.74) is 2.16. The zero-order valence-electron chi connectivity index (χ0n) is 9.13. The number of rotatable bonds is 5. The molecule has 0 aliphatic carbocycles. The second-order valence-corrected chi connectivity index (χ2v) is 4.49. The molecule has 0 aromatic heterocycles. The average molecular weight is 306 g/mol. The number of hydrogen-bond acceptors (Lipinski definition) is 2. The molecule has 1 aromatic rings. The molecular formula is C12H14BrClO2. The normalized spacial score (nSPS) is 10.2. The van der Waals surface area contributed by atoms with E-state index in [4.69, 9.17) is 16.3 Å². The van der Waals surface area contributed by atoms with Gasteiger partial charge in [0.05, 0.1) is 6.61 Å². The molecule has 4 heteroatoms. The van der Waals surface area contributed by atoms with Gasteiger partial charge >= 0.3 is 5.97 Å². The van der Waals surface area contributed by atoms with Crippen LogP contribution in [0.15, 0.2) is 22.7 Å². The van der Waals surface area contributed by atoms with E-state index in [2.05, 4.69) is 15.9 Å². The Morgan fingerprint density at radius 3 is 2.81 bits per heavy atom. The minimum atomic E-state index is -0.153. The topological polar surface area (TPSA) is 26.3 Å². The zero-order valence-corrected chi connectivity index (χ0v) is 11.5. The number of hydrogen-bond donors (Lipinski definition) is 0. The number of carbonyl (C=O) groups excluding carboxylic acids is 1. The number of alkyl halides is 1. The van der Waals surface area contributed by atoms with Gasteiger partial charge in [-0.3, -0.25) is 4.79 Å². The van der Waals surface area contributed by atoms with Crippen LogP contribution in [0.25, 0.3) is 0 Å². The van der Waals surface area contributed by atoms with Crippen molar-refractivity contribution in [1.82, 2.24) is 0 Å². The fourth-order valence-electron chi connectivity index (χ4n) is 1.33. The van der Waals surface area contributed by atoms with Crippen molar-refractivity contribution in [2.24, 2.45) is 0 Å². The maximum absolute atomic E-state index is 11.2. The maximum Gasteiger partial charge on any atom is 0.306 e. The average Bonchev–Trinajstić information content (AvgIpc) is 2.27. The molecule has 0 aliphatic rings. The van der Waals surface area contributed by atoms with E-state index in [0.29, 0.717) is 25.3 Å². The smallest absolute Gasteiger partial charge is 0.306 e. The summed E-state index contributed by atoms with van der Waals surface area (Å²) in [6.45, 7) is 2.25. The summed E-state index contributed by atoms with van der Waals surface area (Å²) in [4.78, 5) is 11.2. The number of aryl methyl sites for hydroxylation is 1. The van der Waals surface area contributed by atoms with Crippen molar-refractivity contribution in [1.29, 1.82) is 0 Å². The number of ether oxygens (including phenoxy) is 1. The van der Waals surface area contributed by atoms with Gasteiger partial charge in [-0.1, -0.05) is 28.1 Å². The lowest BCUT2D eigenvalue weighted by Gasteiger charge is -2.05. The Labute approximate surface area is 109 Å². The van der Waals surface area contributed by atoms with Crippen molar-refractivity contribution >= 4 is 33.5 Å². The standard InChI is InChI=1S/C12H14BrClO2/c1-2-16-12(15)6-4-9-3-5-10(8-14)11(13)7-9/h3,5,7H,2,4,6,8H2,1H3. The van der Waals surface area contributed by atoms with Crippen LogP contribution >= 0.6 is 27.5 Å². The fourth-order valence-corrected chi connectivity index (χ4v) is 2.30. The van der Waals surface area contributed by atoms with E-state index in [1.165, 1.54) is 0 Å². The lowest BCUT2D eigenvalue weighted by Crippen LogP contribution is -2.05. The van der Waals surface area contributed by atoms with Crippen molar-refractivity contribution in [2.45, 2.75) is 25.6 Å². The third kappa shape index (κ3) is 4.14. The minimum absolute atomic E-state index is 0.153. The molecule has 16 heavy (non-hydrogen) atoms. The molecular weight excluding hydrogens is 291 g/mol. The zero-order chi connectivity index (χ0) is 12.0. The first-order valence-corrected chi connectivity index (χ1v) is 6.49. The molecule has 0 heterocycles. The Morgan fingerprint density at radius 1 is 1.50 bits per heavy atom. The van der Waals surface area contributed by atoms with Crippen molar-refractivity contribution in [3.05, 3.63) is 33.8 Å². The molecule has 0 radical (unpaired) electrons. The second-order valence-electron chi connectivity index (χ2n) is 3.36. The number of benzene rings is 1. The Bertz CT molecular complexity index is 366. The SMILES string of the molecule is CCOC(=O)CCc1ccc(CCl)c(Br)c1. The van der Waals surface area contributed by atoms with E-state index < -0.39 is 0 Å². The molecule has 0 atom stereocenters. The van der Waals surface area contributed by atoms with Gasteiger partial charge in [0.1, 0.15) is 0 Å². The van der Waals surface area contributed by atoms with Crippen LogP contribution in [0.2, 0.25) is 0 Å². The number of carbonyl (C=O) groups is 1. The predicted octanol–water partition coefficient (Wildman–Crippen LogP) is 3.68. The van der Waals surface area contributed by atoms with Gasteiger partial charge in [0, 0.05) is 16.8 Å². The van der Waals surface area contributed by atoms with Crippen LogP contribution in [0.4, 0.5) is 0 Å². The molecule has 1 rings (SSSR count). The van der Waals surface area contributed by atoms with Crippen LogP contribution < -0.4 is 0 Å². The third-order valence-corrected chi connectivity index (χ3v) is 3.21. The molecule has 0 saturated carbocycles. The van der Waals surface area contributed by atoms with Crippen LogP contribution in [-0.4, -0.2) is 12.6 Å². The van der Waals surface area contributed by atoms with Crippen LogP contribution in [0.1, 0.15) is 24.5 Å².